The minimum Gasteiger partial charge on any atom is -0.462 e. The number of carbonyl (C=O) groups excluding carboxylic acids is 3. The van der Waals surface area contributed by atoms with Gasteiger partial charge < -0.3 is 14.8 Å². The lowest BCUT2D eigenvalue weighted by atomic mass is 10.2. The zero-order chi connectivity index (χ0) is 20.7. The van der Waals surface area contributed by atoms with E-state index in [4.69, 9.17) is 9.47 Å². The van der Waals surface area contributed by atoms with Crippen molar-refractivity contribution in [3.63, 3.8) is 0 Å². The van der Waals surface area contributed by atoms with Crippen molar-refractivity contribution in [3.05, 3.63) is 59.7 Å². The second-order valence-electron chi connectivity index (χ2n) is 5.69. The molecule has 0 saturated heterocycles. The Kier molecular flexibility index (Phi) is 6.89. The number of hydrogen-bond donors (Lipinski definition) is 1. The Labute approximate surface area is 162 Å². The van der Waals surface area contributed by atoms with E-state index in [0.717, 1.165) is 6.26 Å². The first-order chi connectivity index (χ1) is 13.2. The molecular weight excluding hydrogens is 386 g/mol. The molecule has 0 aromatic heterocycles. The van der Waals surface area contributed by atoms with Gasteiger partial charge in [0.1, 0.15) is 0 Å². The number of rotatable bonds is 7. The Bertz CT molecular complexity index is 999. The van der Waals surface area contributed by atoms with Crippen LogP contribution in [0.25, 0.3) is 0 Å². The molecule has 0 saturated carbocycles. The first-order valence-corrected chi connectivity index (χ1v) is 10.1. The second kappa shape index (κ2) is 9.14. The molecule has 2 rings (SSSR count). The molecule has 0 radical (unpaired) electrons. The van der Waals surface area contributed by atoms with Gasteiger partial charge in [0, 0.05) is 6.26 Å². The summed E-state index contributed by atoms with van der Waals surface area (Å²) in [7, 11) is -3.48. The summed E-state index contributed by atoms with van der Waals surface area (Å²) in [4.78, 5) is 36.0. The molecule has 2 aromatic carbocycles. The summed E-state index contributed by atoms with van der Waals surface area (Å²) in [6.07, 6.45) is 1.02. The van der Waals surface area contributed by atoms with Crippen molar-refractivity contribution in [1.82, 2.24) is 0 Å². The van der Waals surface area contributed by atoms with Gasteiger partial charge in [-0.1, -0.05) is 18.2 Å². The number of ether oxygens (including phenoxy) is 2. The molecule has 0 aliphatic carbocycles. The highest BCUT2D eigenvalue weighted by atomic mass is 32.2. The molecule has 0 aliphatic heterocycles. The Balaban J connectivity index is 2.02. The van der Waals surface area contributed by atoms with Crippen molar-refractivity contribution < 1.29 is 32.3 Å². The van der Waals surface area contributed by atoms with E-state index in [1.165, 1.54) is 36.4 Å². The molecule has 0 bridgehead atoms. The van der Waals surface area contributed by atoms with Gasteiger partial charge in [0.2, 0.25) is 0 Å². The fourth-order valence-corrected chi connectivity index (χ4v) is 2.90. The van der Waals surface area contributed by atoms with Crippen LogP contribution in [0.5, 0.6) is 0 Å². The third-order valence-corrected chi connectivity index (χ3v) is 4.64. The lowest BCUT2D eigenvalue weighted by molar-refractivity contribution is -0.119. The Morgan fingerprint density at radius 3 is 2.36 bits per heavy atom. The van der Waals surface area contributed by atoms with Gasteiger partial charge in [0.25, 0.3) is 5.91 Å². The van der Waals surface area contributed by atoms with Crippen molar-refractivity contribution in [2.45, 2.75) is 11.8 Å². The van der Waals surface area contributed by atoms with Gasteiger partial charge in [-0.3, -0.25) is 4.79 Å². The highest BCUT2D eigenvalue weighted by Gasteiger charge is 2.16. The van der Waals surface area contributed by atoms with E-state index in [9.17, 15) is 22.8 Å². The molecule has 28 heavy (non-hydrogen) atoms. The van der Waals surface area contributed by atoms with Crippen LogP contribution in [0.3, 0.4) is 0 Å². The normalized spacial score (nSPS) is 10.8. The second-order valence-corrected chi connectivity index (χ2v) is 7.71. The fourth-order valence-electron chi connectivity index (χ4n) is 2.23. The van der Waals surface area contributed by atoms with Gasteiger partial charge in [-0.15, -0.1) is 0 Å². The maximum Gasteiger partial charge on any atom is 0.340 e. The molecule has 9 heteroatoms. The Morgan fingerprint density at radius 2 is 1.68 bits per heavy atom. The van der Waals surface area contributed by atoms with Crippen LogP contribution in [0.1, 0.15) is 27.6 Å². The summed E-state index contributed by atoms with van der Waals surface area (Å²) in [6.45, 7) is 1.24. The molecule has 0 atom stereocenters. The molecule has 8 nitrogen and oxygen atoms in total. The summed E-state index contributed by atoms with van der Waals surface area (Å²) in [5, 5.41) is 2.48. The minimum atomic E-state index is -3.48. The first-order valence-electron chi connectivity index (χ1n) is 8.25. The van der Waals surface area contributed by atoms with E-state index in [-0.39, 0.29) is 28.3 Å². The minimum absolute atomic E-state index is 0.00245. The number of amides is 1. The zero-order valence-electron chi connectivity index (χ0n) is 15.3. The maximum absolute atomic E-state index is 12.1. The van der Waals surface area contributed by atoms with Gasteiger partial charge in [0.15, 0.2) is 16.4 Å². The Morgan fingerprint density at radius 1 is 0.964 bits per heavy atom. The van der Waals surface area contributed by atoms with Crippen LogP contribution >= 0.6 is 0 Å². The van der Waals surface area contributed by atoms with Crippen LogP contribution in [0.2, 0.25) is 0 Å². The molecule has 1 N–H and O–H groups in total. The molecular formula is C19H19NO7S. The van der Waals surface area contributed by atoms with Crippen molar-refractivity contribution in [2.75, 3.05) is 24.8 Å². The third kappa shape index (κ3) is 5.65. The van der Waals surface area contributed by atoms with Crippen molar-refractivity contribution >= 4 is 33.4 Å². The lowest BCUT2D eigenvalue weighted by Gasteiger charge is -2.10. The van der Waals surface area contributed by atoms with Crippen LogP contribution in [0.4, 0.5) is 5.69 Å². The standard InChI is InChI=1S/C19H19NO7S/c1-3-26-19(23)15-9-4-5-10-16(15)20-17(21)12-27-18(22)13-7-6-8-14(11-13)28(2,24)25/h4-11H,3,12H2,1-2H3,(H,20,21). The van der Waals surface area contributed by atoms with E-state index >= 15 is 0 Å². The highest BCUT2D eigenvalue weighted by Crippen LogP contribution is 2.16. The number of benzene rings is 2. The molecule has 2 aromatic rings. The molecule has 1 amide bonds. The van der Waals surface area contributed by atoms with Crippen molar-refractivity contribution in [2.24, 2.45) is 0 Å². The van der Waals surface area contributed by atoms with E-state index in [2.05, 4.69) is 5.32 Å². The average Bonchev–Trinajstić information content (AvgIpc) is 2.66. The van der Waals surface area contributed by atoms with Gasteiger partial charge in [-0.05, 0) is 37.3 Å². The van der Waals surface area contributed by atoms with E-state index in [1.54, 1.807) is 19.1 Å². The van der Waals surface area contributed by atoms with E-state index < -0.39 is 34.3 Å². The van der Waals surface area contributed by atoms with E-state index in [0.29, 0.717) is 0 Å². The molecule has 0 fully saturated rings. The van der Waals surface area contributed by atoms with Crippen LogP contribution in [0, 0.1) is 0 Å². The fraction of sp³-hybridized carbons (Fsp3) is 0.211. The SMILES string of the molecule is CCOC(=O)c1ccccc1NC(=O)COC(=O)c1cccc(S(C)(=O)=O)c1. The number of anilines is 1. The number of nitrogens with one attached hydrogen (secondary N) is 1. The first kappa shape index (κ1) is 21.1. The number of esters is 2. The van der Waals surface area contributed by atoms with Crippen molar-refractivity contribution in [1.29, 1.82) is 0 Å². The van der Waals surface area contributed by atoms with Crippen LogP contribution in [0.15, 0.2) is 53.4 Å². The highest BCUT2D eigenvalue weighted by molar-refractivity contribution is 7.90. The Hall–Kier alpha value is -3.20. The molecule has 0 aliphatic rings. The van der Waals surface area contributed by atoms with Crippen LogP contribution in [-0.4, -0.2) is 45.7 Å². The number of sulfone groups is 1. The number of para-hydroxylation sites is 1. The smallest absolute Gasteiger partial charge is 0.340 e. The summed E-state index contributed by atoms with van der Waals surface area (Å²) < 4.78 is 32.9. The topological polar surface area (TPSA) is 116 Å². The predicted octanol–water partition coefficient (Wildman–Crippen LogP) is 2.06. The molecule has 0 heterocycles. The number of carbonyl (C=O) groups is 3. The van der Waals surface area contributed by atoms with Crippen molar-refractivity contribution in [3.8, 4) is 0 Å². The summed E-state index contributed by atoms with van der Waals surface area (Å²) in [5.74, 6) is -2.10. The number of hydrogen-bond acceptors (Lipinski definition) is 7. The quantitative estimate of drug-likeness (QED) is 0.701. The van der Waals surface area contributed by atoms with Crippen LogP contribution in [-0.2, 0) is 24.1 Å². The average molecular weight is 405 g/mol. The third-order valence-electron chi connectivity index (χ3n) is 3.53. The summed E-state index contributed by atoms with van der Waals surface area (Å²) in [6, 6.07) is 11.6. The van der Waals surface area contributed by atoms with Crippen LogP contribution < -0.4 is 5.32 Å². The monoisotopic (exact) mass is 405 g/mol. The summed E-state index contributed by atoms with van der Waals surface area (Å²) in [5.41, 5.74) is 0.397. The van der Waals surface area contributed by atoms with Gasteiger partial charge in [-0.2, -0.15) is 0 Å². The largest absolute Gasteiger partial charge is 0.462 e. The molecule has 0 unspecified atom stereocenters. The summed E-state index contributed by atoms with van der Waals surface area (Å²) >= 11 is 0. The predicted molar refractivity (Wildman–Crippen MR) is 101 cm³/mol. The zero-order valence-corrected chi connectivity index (χ0v) is 16.1. The van der Waals surface area contributed by atoms with Gasteiger partial charge >= 0.3 is 11.9 Å². The van der Waals surface area contributed by atoms with Gasteiger partial charge in [-0.25, -0.2) is 18.0 Å². The molecule has 0 spiro atoms. The van der Waals surface area contributed by atoms with Gasteiger partial charge in [0.05, 0.1) is 28.3 Å². The van der Waals surface area contributed by atoms with E-state index in [1.807, 2.05) is 0 Å². The lowest BCUT2D eigenvalue weighted by Crippen LogP contribution is -2.22. The maximum atomic E-state index is 12.1. The molecule has 148 valence electrons.